The van der Waals surface area contributed by atoms with E-state index in [1.165, 1.54) is 12.3 Å². The molecule has 170 valence electrons. The van der Waals surface area contributed by atoms with Crippen LogP contribution in [0.5, 0.6) is 0 Å². The van der Waals surface area contributed by atoms with Gasteiger partial charge in [0.25, 0.3) is 5.91 Å². The first-order valence-corrected chi connectivity index (χ1v) is 11.1. The summed E-state index contributed by atoms with van der Waals surface area (Å²) in [5, 5.41) is 7.68. The highest BCUT2D eigenvalue weighted by molar-refractivity contribution is 6.00. The number of aryl methyl sites for hydroxylation is 2. The topological polar surface area (TPSA) is 76.9 Å². The number of amides is 1. The molecule has 0 saturated heterocycles. The summed E-state index contributed by atoms with van der Waals surface area (Å²) in [5.41, 5.74) is 5.28. The average molecular weight is 455 g/mol. The highest BCUT2D eigenvalue weighted by Gasteiger charge is 2.41. The van der Waals surface area contributed by atoms with Gasteiger partial charge in [0, 0.05) is 23.2 Å². The Kier molecular flexibility index (Phi) is 5.53. The zero-order valence-electron chi connectivity index (χ0n) is 18.8. The van der Waals surface area contributed by atoms with Crippen molar-refractivity contribution in [1.82, 2.24) is 20.1 Å². The third-order valence-corrected chi connectivity index (χ3v) is 6.22. The number of fused-ring (bicyclic) bond motifs is 1. The number of ketones is 1. The van der Waals surface area contributed by atoms with Gasteiger partial charge in [0.15, 0.2) is 5.78 Å². The van der Waals surface area contributed by atoms with Crippen molar-refractivity contribution in [2.24, 2.45) is 0 Å². The molecule has 2 aromatic carbocycles. The van der Waals surface area contributed by atoms with Gasteiger partial charge in [0.2, 0.25) is 5.95 Å². The van der Waals surface area contributed by atoms with Crippen molar-refractivity contribution >= 4 is 11.7 Å². The zero-order chi connectivity index (χ0) is 23.8. The molecule has 1 aliphatic rings. The van der Waals surface area contributed by atoms with Gasteiger partial charge < -0.3 is 5.32 Å². The van der Waals surface area contributed by atoms with E-state index in [1.807, 2.05) is 50.2 Å². The first-order chi connectivity index (χ1) is 16.4. The van der Waals surface area contributed by atoms with Crippen LogP contribution < -0.4 is 5.32 Å². The van der Waals surface area contributed by atoms with Gasteiger partial charge in [-0.2, -0.15) is 9.49 Å². The van der Waals surface area contributed by atoms with E-state index in [2.05, 4.69) is 10.3 Å². The van der Waals surface area contributed by atoms with Crippen molar-refractivity contribution in [2.75, 3.05) is 0 Å². The van der Waals surface area contributed by atoms with Crippen LogP contribution in [0.15, 0.2) is 72.9 Å². The lowest BCUT2D eigenvalue weighted by Crippen LogP contribution is -2.48. The summed E-state index contributed by atoms with van der Waals surface area (Å²) in [6, 6.07) is 18.9. The maximum absolute atomic E-state index is 13.6. The van der Waals surface area contributed by atoms with E-state index in [9.17, 15) is 14.0 Å². The fraction of sp³-hybridized carbons (Fsp3) is 0.185. The Balaban J connectivity index is 1.62. The van der Waals surface area contributed by atoms with Gasteiger partial charge in [0.1, 0.15) is 0 Å². The van der Waals surface area contributed by atoms with E-state index < -0.39 is 17.9 Å². The molecule has 7 heteroatoms. The number of nitrogens with one attached hydrogen (secondary N) is 1. The van der Waals surface area contributed by atoms with Crippen molar-refractivity contribution in [2.45, 2.75) is 32.2 Å². The molecule has 6 nitrogen and oxygen atoms in total. The molecular formula is C27H23FN4O2. The molecule has 1 aliphatic carbocycles. The number of benzene rings is 2. The van der Waals surface area contributed by atoms with Crippen molar-refractivity contribution in [1.29, 1.82) is 0 Å². The second-order valence-electron chi connectivity index (χ2n) is 8.55. The first kappa shape index (κ1) is 21.7. The Morgan fingerprint density at radius 1 is 1.06 bits per heavy atom. The maximum Gasteiger partial charge on any atom is 0.251 e. The van der Waals surface area contributed by atoms with Crippen molar-refractivity contribution < 1.29 is 14.0 Å². The van der Waals surface area contributed by atoms with Gasteiger partial charge in [0.05, 0.1) is 29.5 Å². The van der Waals surface area contributed by atoms with Crippen molar-refractivity contribution in [3.05, 3.63) is 113 Å². The third-order valence-electron chi connectivity index (χ3n) is 6.22. The van der Waals surface area contributed by atoms with Crippen LogP contribution in [0.2, 0.25) is 0 Å². The number of aromatic nitrogens is 3. The van der Waals surface area contributed by atoms with Crippen molar-refractivity contribution in [3.63, 3.8) is 0 Å². The number of rotatable bonds is 4. The minimum atomic E-state index is -0.833. The second kappa shape index (κ2) is 8.67. The standard InChI is InChI=1S/C27H23FN4O2/c1-16-7-6-8-18(13-16)27(34)30-26-22(33)14-21-24(25(26)19-11-12-23(28)29-15-19)17(2)31-32(21)20-9-4-3-5-10-20/h3-13,15,25-26H,14H2,1-2H3,(H,30,34)/t25-,26+/m0/s1. The van der Waals surface area contributed by atoms with E-state index >= 15 is 0 Å². The SMILES string of the molecule is Cc1cccc(C(=O)N[C@@H]2C(=O)Cc3c(c(C)nn3-c3ccccc3)[C@@H]2c2ccc(F)nc2)c1. The fourth-order valence-electron chi connectivity index (χ4n) is 4.68. The molecule has 0 unspecified atom stereocenters. The van der Waals surface area contributed by atoms with Crippen LogP contribution in [0.4, 0.5) is 4.39 Å². The third kappa shape index (κ3) is 3.90. The molecule has 0 saturated carbocycles. The Bertz CT molecular complexity index is 1380. The smallest absolute Gasteiger partial charge is 0.251 e. The largest absolute Gasteiger partial charge is 0.341 e. The van der Waals surface area contributed by atoms with E-state index in [0.29, 0.717) is 11.1 Å². The summed E-state index contributed by atoms with van der Waals surface area (Å²) >= 11 is 0. The number of pyridine rings is 1. The molecule has 0 bridgehead atoms. The lowest BCUT2D eigenvalue weighted by atomic mass is 9.76. The van der Waals surface area contributed by atoms with E-state index in [1.54, 1.807) is 28.9 Å². The molecule has 0 spiro atoms. The Morgan fingerprint density at radius 3 is 2.56 bits per heavy atom. The van der Waals surface area contributed by atoms with Gasteiger partial charge >= 0.3 is 0 Å². The van der Waals surface area contributed by atoms with E-state index in [4.69, 9.17) is 5.10 Å². The molecule has 2 aromatic heterocycles. The Labute approximate surface area is 196 Å². The van der Waals surface area contributed by atoms with E-state index in [-0.39, 0.29) is 18.1 Å². The van der Waals surface area contributed by atoms with Crippen LogP contribution in [-0.2, 0) is 11.2 Å². The number of para-hydroxylation sites is 1. The number of nitrogens with zero attached hydrogens (tertiary/aromatic N) is 3. The van der Waals surface area contributed by atoms with Crippen LogP contribution in [0.25, 0.3) is 5.69 Å². The number of carbonyl (C=O) groups is 2. The zero-order valence-corrected chi connectivity index (χ0v) is 18.8. The van der Waals surface area contributed by atoms with Crippen LogP contribution in [0, 0.1) is 19.8 Å². The summed E-state index contributed by atoms with van der Waals surface area (Å²) in [5.74, 6) is -1.63. The number of hydrogen-bond donors (Lipinski definition) is 1. The number of hydrogen-bond acceptors (Lipinski definition) is 4. The van der Waals surface area contributed by atoms with Gasteiger partial charge in [-0.3, -0.25) is 9.59 Å². The molecule has 1 N–H and O–H groups in total. The highest BCUT2D eigenvalue weighted by atomic mass is 19.1. The molecule has 0 aliphatic heterocycles. The van der Waals surface area contributed by atoms with E-state index in [0.717, 1.165) is 28.2 Å². The number of carbonyl (C=O) groups excluding carboxylic acids is 2. The molecule has 2 atom stereocenters. The minimum Gasteiger partial charge on any atom is -0.341 e. The Hall–Kier alpha value is -4.13. The second-order valence-corrected chi connectivity index (χ2v) is 8.55. The molecule has 0 radical (unpaired) electrons. The van der Waals surface area contributed by atoms with Gasteiger partial charge in [-0.25, -0.2) is 9.67 Å². The predicted octanol–water partition coefficient (Wildman–Crippen LogP) is 4.08. The minimum absolute atomic E-state index is 0.120. The normalized spacial score (nSPS) is 17.3. The molecular weight excluding hydrogens is 431 g/mol. The molecule has 0 fully saturated rings. The fourth-order valence-corrected chi connectivity index (χ4v) is 4.68. The van der Waals surface area contributed by atoms with Gasteiger partial charge in [-0.05, 0) is 49.7 Å². The monoisotopic (exact) mass is 454 g/mol. The van der Waals surface area contributed by atoms with Gasteiger partial charge in [-0.1, -0.05) is 42.0 Å². The van der Waals surface area contributed by atoms with Crippen LogP contribution in [0.1, 0.15) is 44.4 Å². The van der Waals surface area contributed by atoms with Crippen LogP contribution in [-0.4, -0.2) is 32.5 Å². The molecule has 1 amide bonds. The lowest BCUT2D eigenvalue weighted by Gasteiger charge is -2.32. The number of halogens is 1. The summed E-state index contributed by atoms with van der Waals surface area (Å²) in [6.07, 6.45) is 1.54. The van der Waals surface area contributed by atoms with Crippen LogP contribution in [0.3, 0.4) is 0 Å². The molecule has 34 heavy (non-hydrogen) atoms. The summed E-state index contributed by atoms with van der Waals surface area (Å²) in [6.45, 7) is 3.79. The number of Topliss-reactive ketones (excluding diaryl/α,β-unsaturated/α-hetero) is 1. The molecule has 4 aromatic rings. The van der Waals surface area contributed by atoms with Crippen molar-refractivity contribution in [3.8, 4) is 5.69 Å². The van der Waals surface area contributed by atoms with Crippen LogP contribution >= 0.6 is 0 Å². The first-order valence-electron chi connectivity index (χ1n) is 11.1. The van der Waals surface area contributed by atoms with Gasteiger partial charge in [-0.15, -0.1) is 0 Å². The molecule has 5 rings (SSSR count). The quantitative estimate of drug-likeness (QED) is 0.472. The lowest BCUT2D eigenvalue weighted by molar-refractivity contribution is -0.121. The summed E-state index contributed by atoms with van der Waals surface area (Å²) < 4.78 is 15.4. The predicted molar refractivity (Wildman–Crippen MR) is 125 cm³/mol. The summed E-state index contributed by atoms with van der Waals surface area (Å²) in [7, 11) is 0. The highest BCUT2D eigenvalue weighted by Crippen LogP contribution is 2.38. The summed E-state index contributed by atoms with van der Waals surface area (Å²) in [4.78, 5) is 30.4. The Morgan fingerprint density at radius 2 is 1.85 bits per heavy atom. The maximum atomic E-state index is 13.6. The average Bonchev–Trinajstić information content (AvgIpc) is 3.16. The molecule has 2 heterocycles.